The molecule has 0 N–H and O–H groups in total. The van der Waals surface area contributed by atoms with Crippen LogP contribution in [0.4, 0.5) is 4.39 Å². The number of benzene rings is 2. The number of rotatable bonds is 3. The van der Waals surface area contributed by atoms with Crippen LogP contribution in [0.25, 0.3) is 11.3 Å². The average molecular weight is 278 g/mol. The summed E-state index contributed by atoms with van der Waals surface area (Å²) in [7, 11) is 0. The van der Waals surface area contributed by atoms with E-state index in [0.717, 1.165) is 5.56 Å². The summed E-state index contributed by atoms with van der Waals surface area (Å²) in [6.07, 6.45) is 0. The van der Waals surface area contributed by atoms with E-state index in [-0.39, 0.29) is 11.5 Å². The Morgan fingerprint density at radius 3 is 2.62 bits per heavy atom. The van der Waals surface area contributed by atoms with E-state index >= 15 is 0 Å². The minimum atomic E-state index is -0.358. The Morgan fingerprint density at radius 2 is 1.90 bits per heavy atom. The van der Waals surface area contributed by atoms with Crippen molar-refractivity contribution < 1.29 is 4.39 Å². The Labute approximate surface area is 121 Å². The quantitative estimate of drug-likeness (QED) is 0.740. The van der Waals surface area contributed by atoms with Crippen molar-refractivity contribution in [3.8, 4) is 17.3 Å². The van der Waals surface area contributed by atoms with Crippen molar-refractivity contribution in [3.63, 3.8) is 0 Å². The molecule has 0 unspecified atom stereocenters. The first-order valence-corrected chi connectivity index (χ1v) is 6.41. The van der Waals surface area contributed by atoms with Gasteiger partial charge in [-0.15, -0.1) is 5.10 Å². The molecule has 0 saturated carbocycles. The van der Waals surface area contributed by atoms with Crippen LogP contribution in [0.15, 0.2) is 54.6 Å². The standard InChI is InChI=1S/C16H11FN4/c17-14-8-4-7-13(9-14)16-15(10-18)19-20-21(16)11-12-5-2-1-3-6-12/h1-9H,11H2. The van der Waals surface area contributed by atoms with Crippen LogP contribution in [0, 0.1) is 17.1 Å². The van der Waals surface area contributed by atoms with Crippen molar-refractivity contribution >= 4 is 0 Å². The van der Waals surface area contributed by atoms with Gasteiger partial charge in [-0.2, -0.15) is 5.26 Å². The van der Waals surface area contributed by atoms with Gasteiger partial charge in [0.1, 0.15) is 17.6 Å². The molecule has 0 radical (unpaired) electrons. The van der Waals surface area contributed by atoms with E-state index in [1.165, 1.54) is 12.1 Å². The van der Waals surface area contributed by atoms with E-state index in [2.05, 4.69) is 10.3 Å². The molecule has 0 saturated heterocycles. The minimum Gasteiger partial charge on any atom is -0.239 e. The zero-order valence-electron chi connectivity index (χ0n) is 11.1. The lowest BCUT2D eigenvalue weighted by atomic mass is 10.1. The summed E-state index contributed by atoms with van der Waals surface area (Å²) >= 11 is 0. The molecule has 2 aromatic carbocycles. The van der Waals surface area contributed by atoms with Gasteiger partial charge in [0.15, 0.2) is 5.69 Å². The van der Waals surface area contributed by atoms with E-state index in [4.69, 9.17) is 5.26 Å². The zero-order chi connectivity index (χ0) is 14.7. The van der Waals surface area contributed by atoms with Crippen LogP contribution in [-0.4, -0.2) is 15.0 Å². The molecule has 5 heteroatoms. The first-order valence-electron chi connectivity index (χ1n) is 6.41. The van der Waals surface area contributed by atoms with E-state index in [9.17, 15) is 4.39 Å². The van der Waals surface area contributed by atoms with Gasteiger partial charge in [-0.3, -0.25) is 0 Å². The summed E-state index contributed by atoms with van der Waals surface area (Å²) in [5.74, 6) is -0.358. The van der Waals surface area contributed by atoms with Crippen molar-refractivity contribution in [1.29, 1.82) is 5.26 Å². The van der Waals surface area contributed by atoms with E-state index in [1.807, 2.05) is 36.4 Å². The van der Waals surface area contributed by atoms with Crippen LogP contribution < -0.4 is 0 Å². The fraction of sp³-hybridized carbons (Fsp3) is 0.0625. The molecular formula is C16H11FN4. The maximum atomic E-state index is 13.4. The van der Waals surface area contributed by atoms with Crippen molar-refractivity contribution in [2.24, 2.45) is 0 Å². The second-order valence-corrected chi connectivity index (χ2v) is 4.55. The van der Waals surface area contributed by atoms with Gasteiger partial charge in [0, 0.05) is 5.56 Å². The third-order valence-corrected chi connectivity index (χ3v) is 3.11. The molecule has 1 heterocycles. The Balaban J connectivity index is 2.07. The summed E-state index contributed by atoms with van der Waals surface area (Å²) < 4.78 is 15.0. The lowest BCUT2D eigenvalue weighted by Crippen LogP contribution is -2.04. The minimum absolute atomic E-state index is 0.191. The number of hydrogen-bond donors (Lipinski definition) is 0. The zero-order valence-corrected chi connectivity index (χ0v) is 11.1. The highest BCUT2D eigenvalue weighted by Gasteiger charge is 2.15. The lowest BCUT2D eigenvalue weighted by Gasteiger charge is -2.07. The summed E-state index contributed by atoms with van der Waals surface area (Å²) in [6, 6.07) is 17.8. The van der Waals surface area contributed by atoms with Gasteiger partial charge in [-0.25, -0.2) is 9.07 Å². The molecule has 0 bridgehead atoms. The smallest absolute Gasteiger partial charge is 0.190 e. The predicted octanol–water partition coefficient (Wildman–Crippen LogP) is 3.00. The SMILES string of the molecule is N#Cc1nnn(Cc2ccccc2)c1-c1cccc(F)c1. The fourth-order valence-corrected chi connectivity index (χ4v) is 2.18. The second kappa shape index (κ2) is 5.55. The molecular weight excluding hydrogens is 267 g/mol. The summed E-state index contributed by atoms with van der Waals surface area (Å²) in [5, 5.41) is 17.0. The molecule has 0 amide bonds. The summed E-state index contributed by atoms with van der Waals surface area (Å²) in [5.41, 5.74) is 2.34. The fourth-order valence-electron chi connectivity index (χ4n) is 2.18. The van der Waals surface area contributed by atoms with Crippen LogP contribution in [0.3, 0.4) is 0 Å². The van der Waals surface area contributed by atoms with Crippen molar-refractivity contribution in [2.75, 3.05) is 0 Å². The highest BCUT2D eigenvalue weighted by atomic mass is 19.1. The van der Waals surface area contributed by atoms with E-state index in [0.29, 0.717) is 17.8 Å². The van der Waals surface area contributed by atoms with Crippen molar-refractivity contribution in [1.82, 2.24) is 15.0 Å². The summed E-state index contributed by atoms with van der Waals surface area (Å²) in [4.78, 5) is 0. The second-order valence-electron chi connectivity index (χ2n) is 4.55. The molecule has 21 heavy (non-hydrogen) atoms. The highest BCUT2D eigenvalue weighted by molar-refractivity contribution is 5.64. The van der Waals surface area contributed by atoms with Crippen molar-refractivity contribution in [3.05, 3.63) is 71.7 Å². The average Bonchev–Trinajstić information content (AvgIpc) is 2.91. The molecule has 0 aliphatic rings. The Morgan fingerprint density at radius 1 is 1.10 bits per heavy atom. The van der Waals surface area contributed by atoms with Crippen LogP contribution in [0.2, 0.25) is 0 Å². The monoisotopic (exact) mass is 278 g/mol. The maximum Gasteiger partial charge on any atom is 0.190 e. The number of aromatic nitrogens is 3. The number of nitriles is 1. The number of hydrogen-bond acceptors (Lipinski definition) is 3. The molecule has 3 rings (SSSR count). The molecule has 0 fully saturated rings. The largest absolute Gasteiger partial charge is 0.239 e. The maximum absolute atomic E-state index is 13.4. The molecule has 0 atom stereocenters. The van der Waals surface area contributed by atoms with Crippen LogP contribution >= 0.6 is 0 Å². The molecule has 3 aromatic rings. The number of nitrogens with zero attached hydrogens (tertiary/aromatic N) is 4. The van der Waals surface area contributed by atoms with Gasteiger partial charge in [-0.05, 0) is 17.7 Å². The first kappa shape index (κ1) is 13.0. The van der Waals surface area contributed by atoms with Gasteiger partial charge in [-0.1, -0.05) is 47.7 Å². The van der Waals surface area contributed by atoms with Gasteiger partial charge < -0.3 is 0 Å². The van der Waals surface area contributed by atoms with Crippen LogP contribution in [0.1, 0.15) is 11.3 Å². The molecule has 1 aromatic heterocycles. The topological polar surface area (TPSA) is 54.5 Å². The highest BCUT2D eigenvalue weighted by Crippen LogP contribution is 2.23. The predicted molar refractivity (Wildman–Crippen MR) is 75.7 cm³/mol. The van der Waals surface area contributed by atoms with Gasteiger partial charge in [0.25, 0.3) is 0 Å². The third-order valence-electron chi connectivity index (χ3n) is 3.11. The van der Waals surface area contributed by atoms with Gasteiger partial charge >= 0.3 is 0 Å². The van der Waals surface area contributed by atoms with E-state index in [1.54, 1.807) is 16.8 Å². The van der Waals surface area contributed by atoms with Gasteiger partial charge in [0.05, 0.1) is 6.54 Å². The molecule has 0 spiro atoms. The van der Waals surface area contributed by atoms with Crippen LogP contribution in [0.5, 0.6) is 0 Å². The van der Waals surface area contributed by atoms with Gasteiger partial charge in [0.2, 0.25) is 0 Å². The third kappa shape index (κ3) is 2.65. The number of halogens is 1. The Bertz CT molecular complexity index is 803. The van der Waals surface area contributed by atoms with Crippen LogP contribution in [-0.2, 0) is 6.54 Å². The van der Waals surface area contributed by atoms with E-state index < -0.39 is 0 Å². The Hall–Kier alpha value is -3.00. The molecule has 0 aliphatic heterocycles. The molecule has 0 aliphatic carbocycles. The summed E-state index contributed by atoms with van der Waals surface area (Å²) in [6.45, 7) is 0.474. The lowest BCUT2D eigenvalue weighted by molar-refractivity contribution is 0.626. The van der Waals surface area contributed by atoms with Crippen molar-refractivity contribution in [2.45, 2.75) is 6.54 Å². The molecule has 4 nitrogen and oxygen atoms in total. The normalized spacial score (nSPS) is 10.3. The first-order chi connectivity index (χ1) is 10.3. The molecule has 102 valence electrons. The Kier molecular flexibility index (Phi) is 3.44.